The first-order chi connectivity index (χ1) is 12.8. The predicted molar refractivity (Wildman–Crippen MR) is 113 cm³/mol. The fraction of sp³-hybridized carbons (Fsp3) is 0.273. The summed E-state index contributed by atoms with van der Waals surface area (Å²) in [6.45, 7) is 8.59. The second kappa shape index (κ2) is 8.32. The molecule has 140 valence electrons. The van der Waals surface area contributed by atoms with E-state index in [1.165, 1.54) is 11.1 Å². The second-order valence-electron chi connectivity index (χ2n) is 7.40. The minimum atomic E-state index is 0.163. The number of hydrogen-bond donors (Lipinski definition) is 0. The maximum atomic E-state index is 6.17. The highest BCUT2D eigenvalue weighted by molar-refractivity contribution is 7.98. The van der Waals surface area contributed by atoms with E-state index in [0.29, 0.717) is 21.8 Å². The van der Waals surface area contributed by atoms with Gasteiger partial charge < -0.3 is 4.74 Å². The van der Waals surface area contributed by atoms with Gasteiger partial charge in [0.15, 0.2) is 5.16 Å². The first-order valence-electron chi connectivity index (χ1n) is 8.81. The maximum absolute atomic E-state index is 6.17. The van der Waals surface area contributed by atoms with Crippen molar-refractivity contribution in [3.05, 3.63) is 76.4 Å². The summed E-state index contributed by atoms with van der Waals surface area (Å²) in [4.78, 5) is 9.02. The highest BCUT2D eigenvalue weighted by Crippen LogP contribution is 2.30. The molecule has 0 aliphatic heterocycles. The van der Waals surface area contributed by atoms with Gasteiger partial charge in [-0.1, -0.05) is 80.5 Å². The summed E-state index contributed by atoms with van der Waals surface area (Å²) < 4.78 is 5.84. The number of thioether (sulfide) groups is 1. The van der Waals surface area contributed by atoms with Crippen LogP contribution in [0, 0.1) is 6.92 Å². The van der Waals surface area contributed by atoms with Crippen LogP contribution in [0.2, 0.25) is 5.02 Å². The van der Waals surface area contributed by atoms with Crippen molar-refractivity contribution in [1.82, 2.24) is 9.97 Å². The van der Waals surface area contributed by atoms with Crippen molar-refractivity contribution in [2.75, 3.05) is 0 Å². The average Bonchev–Trinajstić information content (AvgIpc) is 2.61. The zero-order chi connectivity index (χ0) is 19.4. The molecular formula is C22H23ClN2OS. The number of rotatable bonds is 5. The summed E-state index contributed by atoms with van der Waals surface area (Å²) in [6.07, 6.45) is 0. The number of halogens is 1. The Labute approximate surface area is 170 Å². The predicted octanol–water partition coefficient (Wildman–Crippen LogP) is 6.82. The minimum Gasteiger partial charge on any atom is -0.437 e. The van der Waals surface area contributed by atoms with Gasteiger partial charge in [0.05, 0.1) is 5.02 Å². The molecule has 3 nitrogen and oxygen atoms in total. The van der Waals surface area contributed by atoms with E-state index in [2.05, 4.69) is 55.0 Å². The fourth-order valence-electron chi connectivity index (χ4n) is 2.52. The number of nitrogens with zero attached hydrogens (tertiary/aromatic N) is 2. The van der Waals surface area contributed by atoms with Crippen molar-refractivity contribution in [1.29, 1.82) is 0 Å². The monoisotopic (exact) mass is 398 g/mol. The smallest absolute Gasteiger partial charge is 0.223 e. The molecule has 0 atom stereocenters. The zero-order valence-corrected chi connectivity index (χ0v) is 17.6. The molecule has 0 saturated heterocycles. The molecule has 27 heavy (non-hydrogen) atoms. The molecule has 5 heteroatoms. The van der Waals surface area contributed by atoms with Crippen molar-refractivity contribution < 1.29 is 4.74 Å². The summed E-state index contributed by atoms with van der Waals surface area (Å²) in [7, 11) is 0. The first kappa shape index (κ1) is 19.7. The number of aromatic nitrogens is 2. The summed E-state index contributed by atoms with van der Waals surface area (Å²) in [5.74, 6) is 1.89. The highest BCUT2D eigenvalue weighted by Gasteiger charge is 2.13. The van der Waals surface area contributed by atoms with Gasteiger partial charge in [0.2, 0.25) is 5.88 Å². The van der Waals surface area contributed by atoms with Crippen LogP contribution in [0.3, 0.4) is 0 Å². The van der Waals surface area contributed by atoms with E-state index in [0.717, 1.165) is 11.4 Å². The molecule has 0 saturated carbocycles. The molecule has 0 fully saturated rings. The average molecular weight is 399 g/mol. The zero-order valence-electron chi connectivity index (χ0n) is 16.0. The SMILES string of the molecule is Cc1cc(Oc2ccccc2Cl)nc(SCc2ccc(C(C)(C)C)cc2)n1. The van der Waals surface area contributed by atoms with Crippen molar-refractivity contribution in [2.45, 2.75) is 44.0 Å². The van der Waals surface area contributed by atoms with Crippen LogP contribution in [0.1, 0.15) is 37.6 Å². The lowest BCUT2D eigenvalue weighted by atomic mass is 9.87. The third-order valence-corrected chi connectivity index (χ3v) is 5.28. The van der Waals surface area contributed by atoms with E-state index in [1.807, 2.05) is 31.2 Å². The van der Waals surface area contributed by atoms with Gasteiger partial charge in [0.25, 0.3) is 0 Å². The Hall–Kier alpha value is -2.04. The largest absolute Gasteiger partial charge is 0.437 e. The molecule has 0 unspecified atom stereocenters. The Morgan fingerprint density at radius 1 is 1.00 bits per heavy atom. The quantitative estimate of drug-likeness (QED) is 0.349. The first-order valence-corrected chi connectivity index (χ1v) is 10.2. The topological polar surface area (TPSA) is 35.0 Å². The van der Waals surface area contributed by atoms with E-state index in [1.54, 1.807) is 17.8 Å². The Morgan fingerprint density at radius 3 is 2.37 bits per heavy atom. The van der Waals surface area contributed by atoms with Crippen LogP contribution < -0.4 is 4.74 Å². The van der Waals surface area contributed by atoms with E-state index in [4.69, 9.17) is 16.3 Å². The molecule has 1 heterocycles. The highest BCUT2D eigenvalue weighted by atomic mass is 35.5. The van der Waals surface area contributed by atoms with E-state index in [9.17, 15) is 0 Å². The molecule has 1 aromatic heterocycles. The third kappa shape index (κ3) is 5.47. The summed E-state index contributed by atoms with van der Waals surface area (Å²) in [5, 5.41) is 1.25. The molecule has 0 aliphatic rings. The Morgan fingerprint density at radius 2 is 1.70 bits per heavy atom. The molecular weight excluding hydrogens is 376 g/mol. The lowest BCUT2D eigenvalue weighted by molar-refractivity contribution is 0.454. The third-order valence-electron chi connectivity index (χ3n) is 4.05. The summed E-state index contributed by atoms with van der Waals surface area (Å²) in [5.41, 5.74) is 3.60. The van der Waals surface area contributed by atoms with Crippen LogP contribution in [-0.4, -0.2) is 9.97 Å². The van der Waals surface area contributed by atoms with E-state index < -0.39 is 0 Å². The number of ether oxygens (including phenoxy) is 1. The number of para-hydroxylation sites is 1. The molecule has 0 N–H and O–H groups in total. The van der Waals surface area contributed by atoms with Gasteiger partial charge in [-0.05, 0) is 35.6 Å². The van der Waals surface area contributed by atoms with Gasteiger partial charge in [0, 0.05) is 17.5 Å². The van der Waals surface area contributed by atoms with Gasteiger partial charge in [-0.15, -0.1) is 0 Å². The van der Waals surface area contributed by atoms with Gasteiger partial charge in [-0.2, -0.15) is 4.98 Å². The Kier molecular flexibility index (Phi) is 6.08. The van der Waals surface area contributed by atoms with E-state index >= 15 is 0 Å². The molecule has 2 aromatic carbocycles. The minimum absolute atomic E-state index is 0.163. The molecule has 0 aliphatic carbocycles. The van der Waals surface area contributed by atoms with Crippen molar-refractivity contribution in [3.8, 4) is 11.6 Å². The van der Waals surface area contributed by atoms with Crippen molar-refractivity contribution in [2.24, 2.45) is 0 Å². The summed E-state index contributed by atoms with van der Waals surface area (Å²) in [6, 6.07) is 17.9. The van der Waals surface area contributed by atoms with Gasteiger partial charge >= 0.3 is 0 Å². The standard InChI is InChI=1S/C22H23ClN2OS/c1-15-13-20(26-19-8-6-5-7-18(19)23)25-21(24-15)27-14-16-9-11-17(12-10-16)22(2,3)4/h5-13H,14H2,1-4H3. The van der Waals surface area contributed by atoms with Crippen LogP contribution in [-0.2, 0) is 11.2 Å². The van der Waals surface area contributed by atoms with Crippen LogP contribution in [0.15, 0.2) is 59.8 Å². The fourth-order valence-corrected chi connectivity index (χ4v) is 3.54. The molecule has 0 spiro atoms. The van der Waals surface area contributed by atoms with Gasteiger partial charge in [0.1, 0.15) is 5.75 Å². The van der Waals surface area contributed by atoms with Gasteiger partial charge in [-0.3, -0.25) is 0 Å². The molecule has 0 bridgehead atoms. The number of benzene rings is 2. The molecule has 3 rings (SSSR count). The van der Waals surface area contributed by atoms with Crippen LogP contribution >= 0.6 is 23.4 Å². The molecule has 0 radical (unpaired) electrons. The molecule has 3 aromatic rings. The lowest BCUT2D eigenvalue weighted by Crippen LogP contribution is -2.10. The van der Waals surface area contributed by atoms with Crippen molar-refractivity contribution in [3.63, 3.8) is 0 Å². The van der Waals surface area contributed by atoms with Crippen molar-refractivity contribution >= 4 is 23.4 Å². The molecule has 0 amide bonds. The maximum Gasteiger partial charge on any atom is 0.223 e. The van der Waals surface area contributed by atoms with E-state index in [-0.39, 0.29) is 5.41 Å². The number of hydrogen-bond acceptors (Lipinski definition) is 4. The number of aryl methyl sites for hydroxylation is 1. The van der Waals surface area contributed by atoms with Crippen LogP contribution in [0.4, 0.5) is 0 Å². The van der Waals surface area contributed by atoms with Gasteiger partial charge in [-0.25, -0.2) is 4.98 Å². The normalized spacial score (nSPS) is 11.4. The Bertz CT molecular complexity index is 920. The summed E-state index contributed by atoms with van der Waals surface area (Å²) >= 11 is 7.76. The Balaban J connectivity index is 1.70. The van der Waals surface area contributed by atoms with Crippen LogP contribution in [0.25, 0.3) is 0 Å². The van der Waals surface area contributed by atoms with Crippen LogP contribution in [0.5, 0.6) is 11.6 Å². The lowest BCUT2D eigenvalue weighted by Gasteiger charge is -2.19. The second-order valence-corrected chi connectivity index (χ2v) is 8.75.